The Bertz CT molecular complexity index is 594. The molecule has 0 aliphatic carbocycles. The predicted molar refractivity (Wildman–Crippen MR) is 117 cm³/mol. The third kappa shape index (κ3) is 7.22. The van der Waals surface area contributed by atoms with E-state index in [9.17, 15) is 0 Å². The first-order chi connectivity index (χ1) is 11.5. The summed E-state index contributed by atoms with van der Waals surface area (Å²) in [4.78, 5) is 0. The van der Waals surface area contributed by atoms with E-state index in [2.05, 4.69) is 48.6 Å². The van der Waals surface area contributed by atoms with Gasteiger partial charge in [-0.25, -0.2) is 0 Å². The number of nitrogens with zero attached hydrogens (tertiary/aromatic N) is 2. The van der Waals surface area contributed by atoms with Crippen LogP contribution in [0.2, 0.25) is 0 Å². The van der Waals surface area contributed by atoms with Crippen molar-refractivity contribution < 1.29 is 0 Å². The first kappa shape index (κ1) is 24.2. The van der Waals surface area contributed by atoms with Crippen LogP contribution in [0.5, 0.6) is 0 Å². The van der Waals surface area contributed by atoms with Gasteiger partial charge in [-0.15, -0.1) is 24.8 Å². The van der Waals surface area contributed by atoms with E-state index >= 15 is 0 Å². The fourth-order valence-corrected chi connectivity index (χ4v) is 2.25. The molecule has 0 saturated heterocycles. The van der Waals surface area contributed by atoms with Crippen LogP contribution in [-0.4, -0.2) is 11.3 Å². The summed E-state index contributed by atoms with van der Waals surface area (Å²) in [5.74, 6) is 0. The minimum Gasteiger partial charge on any atom is -0.360 e. The zero-order chi connectivity index (χ0) is 17.5. The Hall–Kier alpha value is -1.78. The molecular weight excluding hydrogens is 367 g/mol. The molecule has 2 unspecified atom stereocenters. The number of benzene rings is 2. The highest BCUT2D eigenvalue weighted by Crippen LogP contribution is 2.25. The third-order valence-corrected chi connectivity index (χ3v) is 4.24. The van der Waals surface area contributed by atoms with Gasteiger partial charge in [0.15, 0.2) is 0 Å². The molecule has 26 heavy (non-hydrogen) atoms. The molecule has 0 bridgehead atoms. The summed E-state index contributed by atoms with van der Waals surface area (Å²) in [7, 11) is 0. The Morgan fingerprint density at radius 3 is 1.23 bits per heavy atom. The fourth-order valence-electron chi connectivity index (χ4n) is 2.25. The van der Waals surface area contributed by atoms with Gasteiger partial charge in [-0.2, -0.15) is 10.2 Å². The Labute approximate surface area is 169 Å². The second-order valence-electron chi connectivity index (χ2n) is 6.44. The first-order valence-electron chi connectivity index (χ1n) is 8.59. The van der Waals surface area contributed by atoms with Gasteiger partial charge in [0.05, 0.1) is 0 Å². The summed E-state index contributed by atoms with van der Waals surface area (Å²) >= 11 is 0. The lowest BCUT2D eigenvalue weighted by molar-refractivity contribution is 0.420. The summed E-state index contributed by atoms with van der Waals surface area (Å²) in [5, 5.41) is 16.3. The van der Waals surface area contributed by atoms with E-state index in [1.165, 1.54) is 0 Å². The van der Waals surface area contributed by atoms with Crippen molar-refractivity contribution >= 4 is 36.2 Å². The van der Waals surface area contributed by atoms with E-state index in [4.69, 9.17) is 0 Å². The van der Waals surface area contributed by atoms with E-state index in [1.54, 1.807) is 0 Å². The van der Waals surface area contributed by atoms with Crippen LogP contribution in [-0.2, 0) is 0 Å². The van der Waals surface area contributed by atoms with Crippen LogP contribution in [0.25, 0.3) is 0 Å². The molecule has 2 aromatic rings. The number of para-hydroxylation sites is 2. The quantitative estimate of drug-likeness (QED) is 0.484. The molecule has 2 rings (SSSR count). The summed E-state index contributed by atoms with van der Waals surface area (Å²) in [5.41, 5.74) is 1.23. The molecule has 0 saturated carbocycles. The molecular formula is C20H30Cl2N4. The lowest BCUT2D eigenvalue weighted by atomic mass is 10.1. The first-order valence-corrected chi connectivity index (χ1v) is 8.59. The van der Waals surface area contributed by atoms with Crippen LogP contribution in [0.4, 0.5) is 11.4 Å². The van der Waals surface area contributed by atoms with Gasteiger partial charge in [0.1, 0.15) is 11.3 Å². The standard InChI is InChI=1S/C20H28N4.2ClH/c1-5-19(3,21-17-13-9-7-10-14-17)23-24-20(4,6-2)22-18-15-11-8-12-16-18;;/h7-16,21-22H,5-6H2,1-4H3;2*1H/b24-23+;;. The molecule has 2 aromatic carbocycles. The van der Waals surface area contributed by atoms with Gasteiger partial charge in [0, 0.05) is 11.4 Å². The maximum absolute atomic E-state index is 4.66. The minimum absolute atomic E-state index is 0. The molecule has 0 aromatic heterocycles. The van der Waals surface area contributed by atoms with Crippen molar-refractivity contribution in [2.24, 2.45) is 10.2 Å². The van der Waals surface area contributed by atoms with Crippen molar-refractivity contribution in [3.8, 4) is 0 Å². The molecule has 144 valence electrons. The fraction of sp³-hybridized carbons (Fsp3) is 0.400. The number of nitrogens with one attached hydrogen (secondary N) is 2. The molecule has 0 fully saturated rings. The van der Waals surface area contributed by atoms with Gasteiger partial charge in [0.25, 0.3) is 0 Å². The van der Waals surface area contributed by atoms with Gasteiger partial charge >= 0.3 is 0 Å². The van der Waals surface area contributed by atoms with Gasteiger partial charge in [-0.3, -0.25) is 0 Å². The molecule has 0 aliphatic heterocycles. The van der Waals surface area contributed by atoms with E-state index in [0.717, 1.165) is 24.2 Å². The average molecular weight is 397 g/mol. The van der Waals surface area contributed by atoms with Crippen molar-refractivity contribution in [1.29, 1.82) is 0 Å². The van der Waals surface area contributed by atoms with Crippen molar-refractivity contribution in [3.05, 3.63) is 60.7 Å². The van der Waals surface area contributed by atoms with Crippen LogP contribution >= 0.6 is 24.8 Å². The molecule has 0 aliphatic rings. The highest BCUT2D eigenvalue weighted by atomic mass is 35.5. The average Bonchev–Trinajstić information content (AvgIpc) is 2.62. The summed E-state index contributed by atoms with van der Waals surface area (Å²) < 4.78 is 0. The Balaban J connectivity index is 0.00000312. The van der Waals surface area contributed by atoms with Crippen LogP contribution < -0.4 is 10.6 Å². The number of hydrogen-bond donors (Lipinski definition) is 2. The molecule has 2 N–H and O–H groups in total. The number of halogens is 2. The monoisotopic (exact) mass is 396 g/mol. The van der Waals surface area contributed by atoms with Gasteiger partial charge in [0.2, 0.25) is 0 Å². The SMILES string of the molecule is CCC(C)(/N=N/C(C)(CC)Nc1ccccc1)Nc1ccccc1.Cl.Cl. The van der Waals surface area contributed by atoms with Crippen molar-refractivity contribution in [2.75, 3.05) is 10.6 Å². The summed E-state index contributed by atoms with van der Waals surface area (Å²) in [6.07, 6.45) is 1.69. The zero-order valence-electron chi connectivity index (χ0n) is 15.9. The third-order valence-electron chi connectivity index (χ3n) is 4.24. The smallest absolute Gasteiger partial charge is 0.147 e. The van der Waals surface area contributed by atoms with Gasteiger partial charge in [-0.1, -0.05) is 50.2 Å². The molecule has 0 heterocycles. The van der Waals surface area contributed by atoms with Gasteiger partial charge < -0.3 is 10.6 Å². The predicted octanol–water partition coefficient (Wildman–Crippen LogP) is 6.76. The van der Waals surface area contributed by atoms with Gasteiger partial charge in [-0.05, 0) is 51.0 Å². The second kappa shape index (κ2) is 11.0. The zero-order valence-corrected chi connectivity index (χ0v) is 17.5. The molecule has 4 nitrogen and oxygen atoms in total. The molecule has 0 amide bonds. The maximum Gasteiger partial charge on any atom is 0.147 e. The van der Waals surface area contributed by atoms with Crippen molar-refractivity contribution in [3.63, 3.8) is 0 Å². The molecule has 0 radical (unpaired) electrons. The van der Waals surface area contributed by atoms with Crippen molar-refractivity contribution in [1.82, 2.24) is 0 Å². The van der Waals surface area contributed by atoms with Crippen LogP contribution in [0, 0.1) is 0 Å². The summed E-state index contributed by atoms with van der Waals surface area (Å²) in [6.45, 7) is 8.37. The van der Waals surface area contributed by atoms with E-state index < -0.39 is 11.3 Å². The van der Waals surface area contributed by atoms with E-state index in [1.807, 2.05) is 60.7 Å². The Kier molecular flexibility index (Phi) is 10.3. The highest BCUT2D eigenvalue weighted by molar-refractivity contribution is 5.85. The van der Waals surface area contributed by atoms with E-state index in [0.29, 0.717) is 0 Å². The number of rotatable bonds is 8. The van der Waals surface area contributed by atoms with Crippen LogP contribution in [0.1, 0.15) is 40.5 Å². The molecule has 2 atom stereocenters. The van der Waals surface area contributed by atoms with Crippen molar-refractivity contribution in [2.45, 2.75) is 51.9 Å². The lowest BCUT2D eigenvalue weighted by Gasteiger charge is -2.30. The topological polar surface area (TPSA) is 48.8 Å². The lowest BCUT2D eigenvalue weighted by Crippen LogP contribution is -2.35. The Morgan fingerprint density at radius 2 is 0.962 bits per heavy atom. The maximum atomic E-state index is 4.66. The second-order valence-corrected chi connectivity index (χ2v) is 6.44. The Morgan fingerprint density at radius 1 is 0.654 bits per heavy atom. The van der Waals surface area contributed by atoms with Crippen LogP contribution in [0.3, 0.4) is 0 Å². The summed E-state index contributed by atoms with van der Waals surface area (Å²) in [6, 6.07) is 20.3. The number of hydrogen-bond acceptors (Lipinski definition) is 4. The van der Waals surface area contributed by atoms with E-state index in [-0.39, 0.29) is 24.8 Å². The normalized spacial score (nSPS) is 15.1. The highest BCUT2D eigenvalue weighted by Gasteiger charge is 2.25. The minimum atomic E-state index is -0.434. The largest absolute Gasteiger partial charge is 0.360 e. The van der Waals surface area contributed by atoms with Crippen LogP contribution in [0.15, 0.2) is 70.9 Å². The molecule has 0 spiro atoms. The number of anilines is 2. The number of azo groups is 1. The molecule has 6 heteroatoms.